The van der Waals surface area contributed by atoms with E-state index in [1.54, 1.807) is 31.2 Å². The van der Waals surface area contributed by atoms with Crippen LogP contribution in [0.5, 0.6) is 0 Å². The minimum atomic E-state index is -1.44. The van der Waals surface area contributed by atoms with Gasteiger partial charge in [0, 0.05) is 30.8 Å². The SMILES string of the molecule is CC(=O)Nc1ccc(-c2cccc3c2CN(C(O)C(NC(=O)/C=C/O)c2nc(C)ns2)C3=O)cc1. The Morgan fingerprint density at radius 3 is 2.51 bits per heavy atom. The number of rotatable bonds is 7. The van der Waals surface area contributed by atoms with Crippen LogP contribution in [0.2, 0.25) is 0 Å². The molecular weight excluding hydrogens is 470 g/mol. The summed E-state index contributed by atoms with van der Waals surface area (Å²) in [5.74, 6) is -0.749. The molecule has 0 aliphatic carbocycles. The van der Waals surface area contributed by atoms with Gasteiger partial charge in [-0.1, -0.05) is 24.3 Å². The molecule has 1 aliphatic heterocycles. The molecule has 2 atom stereocenters. The molecule has 11 heteroatoms. The third-order valence-electron chi connectivity index (χ3n) is 5.46. The van der Waals surface area contributed by atoms with Crippen LogP contribution < -0.4 is 10.6 Å². The predicted molar refractivity (Wildman–Crippen MR) is 129 cm³/mol. The van der Waals surface area contributed by atoms with E-state index in [0.717, 1.165) is 34.3 Å². The van der Waals surface area contributed by atoms with Gasteiger partial charge in [-0.15, -0.1) is 0 Å². The van der Waals surface area contributed by atoms with Gasteiger partial charge >= 0.3 is 0 Å². The second kappa shape index (κ2) is 10.0. The van der Waals surface area contributed by atoms with Crippen molar-refractivity contribution in [3.05, 3.63) is 76.8 Å². The van der Waals surface area contributed by atoms with Crippen LogP contribution in [-0.2, 0) is 16.1 Å². The van der Waals surface area contributed by atoms with Crippen molar-refractivity contribution in [2.24, 2.45) is 0 Å². The van der Waals surface area contributed by atoms with Crippen molar-refractivity contribution in [2.75, 3.05) is 5.32 Å². The molecule has 2 heterocycles. The zero-order chi connectivity index (χ0) is 25.1. The first-order valence-corrected chi connectivity index (χ1v) is 11.5. The second-order valence-corrected chi connectivity index (χ2v) is 8.70. The summed E-state index contributed by atoms with van der Waals surface area (Å²) in [6, 6.07) is 11.5. The molecule has 2 aromatic carbocycles. The van der Waals surface area contributed by atoms with E-state index < -0.39 is 18.2 Å². The summed E-state index contributed by atoms with van der Waals surface area (Å²) in [7, 11) is 0. The number of aryl methyl sites for hydroxylation is 1. The lowest BCUT2D eigenvalue weighted by Crippen LogP contribution is -2.46. The Morgan fingerprint density at radius 1 is 1.17 bits per heavy atom. The van der Waals surface area contributed by atoms with Crippen molar-refractivity contribution in [2.45, 2.75) is 32.7 Å². The Hall–Kier alpha value is -4.09. The van der Waals surface area contributed by atoms with Crippen LogP contribution in [0.1, 0.15) is 39.7 Å². The van der Waals surface area contributed by atoms with Crippen molar-refractivity contribution < 1.29 is 24.6 Å². The summed E-state index contributed by atoms with van der Waals surface area (Å²) in [5.41, 5.74) is 3.50. The number of fused-ring (bicyclic) bond motifs is 1. The van der Waals surface area contributed by atoms with E-state index in [2.05, 4.69) is 20.0 Å². The quantitative estimate of drug-likeness (QED) is 0.292. The number of carbonyl (C=O) groups is 3. The highest BCUT2D eigenvalue weighted by molar-refractivity contribution is 7.05. The highest BCUT2D eigenvalue weighted by Crippen LogP contribution is 2.36. The number of carbonyl (C=O) groups excluding carboxylic acids is 3. The maximum atomic E-state index is 13.3. The molecular formula is C24H23N5O5S. The average Bonchev–Trinajstić information content (AvgIpc) is 3.40. The lowest BCUT2D eigenvalue weighted by atomic mass is 9.97. The number of aliphatic hydroxyl groups is 2. The standard InChI is InChI=1S/C24H23N5O5S/c1-13-25-22(35-28-13)21(27-20(32)10-11-30)24(34)29-12-19-17(4-3-5-18(19)23(29)33)15-6-8-16(9-7-15)26-14(2)31/h3-11,21,24,30,34H,12H2,1-2H3,(H,26,31)(H,27,32)/b11-10+. The number of hydrogen-bond acceptors (Lipinski definition) is 8. The van der Waals surface area contributed by atoms with Gasteiger partial charge in [0.2, 0.25) is 11.8 Å². The minimum Gasteiger partial charge on any atom is -0.515 e. The van der Waals surface area contributed by atoms with E-state index >= 15 is 0 Å². The molecule has 2 unspecified atom stereocenters. The number of hydrogen-bond donors (Lipinski definition) is 4. The van der Waals surface area contributed by atoms with Crippen LogP contribution in [0.4, 0.5) is 5.69 Å². The summed E-state index contributed by atoms with van der Waals surface area (Å²) in [4.78, 5) is 42.2. The maximum Gasteiger partial charge on any atom is 0.256 e. The van der Waals surface area contributed by atoms with Gasteiger partial charge in [-0.3, -0.25) is 14.4 Å². The lowest BCUT2D eigenvalue weighted by molar-refractivity contribution is -0.119. The molecule has 35 heavy (non-hydrogen) atoms. The molecule has 4 rings (SSSR count). The van der Waals surface area contributed by atoms with E-state index in [1.807, 2.05) is 18.2 Å². The Bertz CT molecular complexity index is 1300. The topological polar surface area (TPSA) is 145 Å². The molecule has 0 spiro atoms. The second-order valence-electron chi connectivity index (χ2n) is 7.92. The van der Waals surface area contributed by atoms with Gasteiger partial charge in [0.05, 0.1) is 6.26 Å². The van der Waals surface area contributed by atoms with Crippen molar-refractivity contribution in [3.8, 4) is 11.1 Å². The van der Waals surface area contributed by atoms with E-state index in [4.69, 9.17) is 5.11 Å². The van der Waals surface area contributed by atoms with Gasteiger partial charge in [-0.25, -0.2) is 4.98 Å². The van der Waals surface area contributed by atoms with E-state index in [1.165, 1.54) is 11.8 Å². The first kappa shape index (κ1) is 24.0. The van der Waals surface area contributed by atoms with Gasteiger partial charge in [0.25, 0.3) is 5.91 Å². The molecule has 10 nitrogen and oxygen atoms in total. The molecule has 0 fully saturated rings. The fourth-order valence-electron chi connectivity index (χ4n) is 3.93. The normalized spacial score (nSPS) is 14.6. The van der Waals surface area contributed by atoms with Gasteiger partial charge < -0.3 is 25.7 Å². The summed E-state index contributed by atoms with van der Waals surface area (Å²) in [5, 5.41) is 25.8. The molecule has 1 aliphatic rings. The van der Waals surface area contributed by atoms with E-state index in [9.17, 15) is 19.5 Å². The molecule has 0 saturated carbocycles. The highest BCUT2D eigenvalue weighted by Gasteiger charge is 2.39. The van der Waals surface area contributed by atoms with Crippen molar-refractivity contribution in [3.63, 3.8) is 0 Å². The molecule has 4 N–H and O–H groups in total. The summed E-state index contributed by atoms with van der Waals surface area (Å²) < 4.78 is 4.11. The molecule has 3 aromatic rings. The Morgan fingerprint density at radius 2 is 1.89 bits per heavy atom. The van der Waals surface area contributed by atoms with Gasteiger partial charge in [-0.05, 0) is 53.3 Å². The number of aromatic nitrogens is 2. The number of nitrogens with one attached hydrogen (secondary N) is 2. The Kier molecular flexibility index (Phi) is 6.90. The first-order valence-electron chi connectivity index (χ1n) is 10.7. The van der Waals surface area contributed by atoms with Gasteiger partial charge in [0.15, 0.2) is 6.23 Å². The zero-order valence-corrected chi connectivity index (χ0v) is 19.7. The molecule has 0 radical (unpaired) electrons. The minimum absolute atomic E-state index is 0.110. The van der Waals surface area contributed by atoms with E-state index in [0.29, 0.717) is 28.3 Å². The van der Waals surface area contributed by atoms with Crippen molar-refractivity contribution in [1.82, 2.24) is 19.6 Å². The van der Waals surface area contributed by atoms with Crippen LogP contribution in [0.25, 0.3) is 11.1 Å². The van der Waals surface area contributed by atoms with Crippen LogP contribution in [-0.4, -0.2) is 48.4 Å². The van der Waals surface area contributed by atoms with Crippen molar-refractivity contribution >= 4 is 34.9 Å². The smallest absolute Gasteiger partial charge is 0.256 e. The summed E-state index contributed by atoms with van der Waals surface area (Å²) in [6.45, 7) is 3.22. The number of anilines is 1. The van der Waals surface area contributed by atoms with Crippen LogP contribution in [0.15, 0.2) is 54.8 Å². The predicted octanol–water partition coefficient (Wildman–Crippen LogP) is 2.68. The van der Waals surface area contributed by atoms with Gasteiger partial charge in [0.1, 0.15) is 16.9 Å². The van der Waals surface area contributed by atoms with Gasteiger partial charge in [-0.2, -0.15) is 4.37 Å². The number of amides is 3. The fourth-order valence-corrected chi connectivity index (χ4v) is 4.66. The lowest BCUT2D eigenvalue weighted by Gasteiger charge is -2.29. The number of nitrogens with zero attached hydrogens (tertiary/aromatic N) is 3. The zero-order valence-electron chi connectivity index (χ0n) is 18.9. The molecule has 1 aromatic heterocycles. The average molecular weight is 494 g/mol. The molecule has 0 bridgehead atoms. The highest BCUT2D eigenvalue weighted by atomic mass is 32.1. The Balaban J connectivity index is 1.64. The van der Waals surface area contributed by atoms with Crippen LogP contribution >= 0.6 is 11.5 Å². The van der Waals surface area contributed by atoms with Crippen LogP contribution in [0, 0.1) is 6.92 Å². The maximum absolute atomic E-state index is 13.3. The van der Waals surface area contributed by atoms with Crippen LogP contribution in [0.3, 0.4) is 0 Å². The molecule has 0 saturated heterocycles. The third kappa shape index (κ3) is 5.05. The molecule has 180 valence electrons. The van der Waals surface area contributed by atoms with E-state index in [-0.39, 0.29) is 18.4 Å². The monoisotopic (exact) mass is 493 g/mol. The molecule has 3 amide bonds. The number of aliphatic hydroxyl groups excluding tert-OH is 2. The fraction of sp³-hybridized carbons (Fsp3) is 0.208. The first-order chi connectivity index (χ1) is 16.8. The number of benzene rings is 2. The van der Waals surface area contributed by atoms with Crippen molar-refractivity contribution in [1.29, 1.82) is 0 Å². The third-order valence-corrected chi connectivity index (χ3v) is 6.35. The summed E-state index contributed by atoms with van der Waals surface area (Å²) >= 11 is 1.01. The Labute approximate surface area is 205 Å². The summed E-state index contributed by atoms with van der Waals surface area (Å²) in [6.07, 6.45) is 0.0507. The largest absolute Gasteiger partial charge is 0.515 e.